The van der Waals surface area contributed by atoms with Crippen molar-refractivity contribution in [2.24, 2.45) is 0 Å². The Morgan fingerprint density at radius 2 is 1.52 bits per heavy atom. The van der Waals surface area contributed by atoms with E-state index in [2.05, 4.69) is 37.8 Å². The van der Waals surface area contributed by atoms with Crippen LogP contribution in [0.1, 0.15) is 59.4 Å². The minimum Gasteiger partial charge on any atom is -0.348 e. The van der Waals surface area contributed by atoms with Gasteiger partial charge in [-0.05, 0) is 49.9 Å². The maximum atomic E-state index is 12.7. The fourth-order valence-corrected chi connectivity index (χ4v) is 4.22. The second-order valence-electron chi connectivity index (χ2n) is 7.63. The van der Waals surface area contributed by atoms with E-state index in [4.69, 9.17) is 0 Å². The number of carbonyl (C=O) groups is 2. The Morgan fingerprint density at radius 3 is 2.16 bits per heavy atom. The summed E-state index contributed by atoms with van der Waals surface area (Å²) in [5.74, 6) is 0.0460. The van der Waals surface area contributed by atoms with Gasteiger partial charge in [-0.25, -0.2) is 0 Å². The van der Waals surface area contributed by atoms with Crippen molar-refractivity contribution >= 4 is 17.5 Å². The number of amides is 2. The maximum absolute atomic E-state index is 12.7. The Bertz CT molecular complexity index is 837. The molecule has 25 heavy (non-hydrogen) atoms. The van der Waals surface area contributed by atoms with Crippen molar-refractivity contribution < 1.29 is 9.59 Å². The molecule has 2 amide bonds. The predicted octanol–water partition coefficient (Wildman–Crippen LogP) is 4.03. The van der Waals surface area contributed by atoms with Gasteiger partial charge in [-0.1, -0.05) is 37.3 Å². The second kappa shape index (κ2) is 5.45. The van der Waals surface area contributed by atoms with Crippen molar-refractivity contribution in [3.05, 3.63) is 65.2 Å². The number of hydrogen-bond donors (Lipinski definition) is 0. The van der Waals surface area contributed by atoms with Crippen molar-refractivity contribution in [2.75, 3.05) is 11.6 Å². The monoisotopic (exact) mass is 334 g/mol. The molecule has 1 unspecified atom stereocenters. The van der Waals surface area contributed by atoms with Gasteiger partial charge in [0.15, 0.2) is 0 Å². The molecular weight excluding hydrogens is 312 g/mol. The highest BCUT2D eigenvalue weighted by atomic mass is 16.2. The van der Waals surface area contributed by atoms with Crippen molar-refractivity contribution in [3.8, 4) is 0 Å². The third-order valence-corrected chi connectivity index (χ3v) is 5.46. The molecule has 0 saturated heterocycles. The maximum Gasteiger partial charge on any atom is 0.263 e. The Morgan fingerprint density at radius 1 is 0.960 bits per heavy atom. The van der Waals surface area contributed by atoms with Crippen LogP contribution in [0.4, 0.5) is 5.69 Å². The Balaban J connectivity index is 1.72. The minimum absolute atomic E-state index is 0.136. The summed E-state index contributed by atoms with van der Waals surface area (Å²) < 4.78 is 0. The topological polar surface area (TPSA) is 40.6 Å². The number of para-hydroxylation sites is 1. The summed E-state index contributed by atoms with van der Waals surface area (Å²) in [5, 5.41) is 0. The van der Waals surface area contributed by atoms with Crippen LogP contribution >= 0.6 is 0 Å². The Kier molecular flexibility index (Phi) is 3.46. The number of nitrogens with zero attached hydrogens (tertiary/aromatic N) is 2. The first kappa shape index (κ1) is 15.9. The Labute approximate surface area is 148 Å². The third-order valence-electron chi connectivity index (χ3n) is 5.46. The van der Waals surface area contributed by atoms with E-state index in [9.17, 15) is 9.59 Å². The quantitative estimate of drug-likeness (QED) is 0.779. The average molecular weight is 334 g/mol. The molecule has 0 fully saturated rings. The average Bonchev–Trinajstić information content (AvgIpc) is 2.83. The smallest absolute Gasteiger partial charge is 0.263 e. The lowest BCUT2D eigenvalue weighted by molar-refractivity contribution is 0.0644. The van der Waals surface area contributed by atoms with Gasteiger partial charge in [-0.2, -0.15) is 0 Å². The van der Waals surface area contributed by atoms with Crippen LogP contribution in [-0.4, -0.2) is 28.9 Å². The van der Waals surface area contributed by atoms with Crippen molar-refractivity contribution in [1.29, 1.82) is 0 Å². The zero-order chi connectivity index (χ0) is 17.8. The van der Waals surface area contributed by atoms with E-state index in [1.54, 1.807) is 24.3 Å². The highest BCUT2D eigenvalue weighted by Gasteiger charge is 2.41. The molecular formula is C21H22N2O2. The number of anilines is 1. The molecule has 4 rings (SSSR count). The highest BCUT2D eigenvalue weighted by molar-refractivity contribution is 6.21. The summed E-state index contributed by atoms with van der Waals surface area (Å²) in [7, 11) is 0. The fraction of sp³-hybridized carbons (Fsp3) is 0.333. The molecule has 2 aliphatic heterocycles. The second-order valence-corrected chi connectivity index (χ2v) is 7.63. The first-order valence-electron chi connectivity index (χ1n) is 8.72. The molecule has 0 aliphatic carbocycles. The van der Waals surface area contributed by atoms with Gasteiger partial charge in [-0.3, -0.25) is 14.5 Å². The number of fused-ring (bicyclic) bond motifs is 2. The van der Waals surface area contributed by atoms with Crippen LogP contribution in [0.15, 0.2) is 48.5 Å². The van der Waals surface area contributed by atoms with E-state index < -0.39 is 0 Å². The zero-order valence-corrected chi connectivity index (χ0v) is 14.8. The van der Waals surface area contributed by atoms with E-state index in [1.807, 2.05) is 12.1 Å². The van der Waals surface area contributed by atoms with Crippen LogP contribution in [-0.2, 0) is 0 Å². The first-order chi connectivity index (χ1) is 11.9. The predicted molar refractivity (Wildman–Crippen MR) is 97.8 cm³/mol. The fourth-order valence-electron chi connectivity index (χ4n) is 4.22. The van der Waals surface area contributed by atoms with Crippen molar-refractivity contribution in [1.82, 2.24) is 4.90 Å². The molecule has 0 spiro atoms. The largest absolute Gasteiger partial charge is 0.348 e. The molecule has 0 saturated carbocycles. The van der Waals surface area contributed by atoms with Gasteiger partial charge >= 0.3 is 0 Å². The van der Waals surface area contributed by atoms with Crippen molar-refractivity contribution in [2.45, 2.75) is 38.6 Å². The summed E-state index contributed by atoms with van der Waals surface area (Å²) in [6.07, 6.45) is 0.979. The molecule has 128 valence electrons. The number of carbonyl (C=O) groups excluding carboxylic acids is 2. The molecule has 0 radical (unpaired) electrons. The molecule has 2 heterocycles. The molecule has 2 aromatic carbocycles. The normalized spacial score (nSPS) is 21.3. The number of imide groups is 1. The lowest BCUT2D eigenvalue weighted by Gasteiger charge is -2.48. The molecule has 4 heteroatoms. The summed E-state index contributed by atoms with van der Waals surface area (Å²) in [5.41, 5.74) is 3.26. The van der Waals surface area contributed by atoms with Gasteiger partial charge < -0.3 is 4.90 Å². The van der Waals surface area contributed by atoms with Gasteiger partial charge in [0.25, 0.3) is 11.8 Å². The van der Waals surface area contributed by atoms with Crippen LogP contribution in [0.2, 0.25) is 0 Å². The van der Waals surface area contributed by atoms with Gasteiger partial charge in [0.1, 0.15) is 6.67 Å². The van der Waals surface area contributed by atoms with Crippen LogP contribution in [0.25, 0.3) is 0 Å². The molecule has 2 aromatic rings. The van der Waals surface area contributed by atoms with Gasteiger partial charge in [0.05, 0.1) is 11.1 Å². The zero-order valence-electron chi connectivity index (χ0n) is 14.8. The summed E-state index contributed by atoms with van der Waals surface area (Å²) in [6.45, 7) is 6.87. The van der Waals surface area contributed by atoms with E-state index in [1.165, 1.54) is 10.5 Å². The van der Waals surface area contributed by atoms with Gasteiger partial charge in [0, 0.05) is 11.2 Å². The van der Waals surface area contributed by atoms with Crippen LogP contribution in [0, 0.1) is 0 Å². The van der Waals surface area contributed by atoms with Gasteiger partial charge in [0.2, 0.25) is 0 Å². The third kappa shape index (κ3) is 2.36. The first-order valence-corrected chi connectivity index (χ1v) is 8.72. The van der Waals surface area contributed by atoms with Crippen molar-refractivity contribution in [3.63, 3.8) is 0 Å². The molecule has 2 aliphatic rings. The Hall–Kier alpha value is -2.62. The summed E-state index contributed by atoms with van der Waals surface area (Å²) in [6, 6.07) is 15.4. The summed E-state index contributed by atoms with van der Waals surface area (Å²) in [4.78, 5) is 29.1. The van der Waals surface area contributed by atoms with E-state index in [0.29, 0.717) is 17.0 Å². The molecule has 4 nitrogen and oxygen atoms in total. The molecule has 0 bridgehead atoms. The molecule has 0 N–H and O–H groups in total. The van der Waals surface area contributed by atoms with E-state index >= 15 is 0 Å². The van der Waals surface area contributed by atoms with Crippen LogP contribution in [0.5, 0.6) is 0 Å². The summed E-state index contributed by atoms with van der Waals surface area (Å²) >= 11 is 0. The standard InChI is InChI=1S/C21H22N2O2/c1-14-12-21(2,3)23(18-11-7-6-8-15(14)18)13-22-19(24)16-9-4-5-10-17(16)20(22)25/h4-11,14H,12-13H2,1-3H3. The highest BCUT2D eigenvalue weighted by Crippen LogP contribution is 2.43. The SMILES string of the molecule is CC1CC(C)(C)N(CN2C(=O)c3ccccc3C2=O)c2ccccc21. The molecule has 0 aromatic heterocycles. The van der Waals surface area contributed by atoms with E-state index in [-0.39, 0.29) is 24.0 Å². The lowest BCUT2D eigenvalue weighted by Crippen LogP contribution is -2.54. The number of hydrogen-bond acceptors (Lipinski definition) is 3. The number of rotatable bonds is 2. The lowest BCUT2D eigenvalue weighted by atomic mass is 9.80. The van der Waals surface area contributed by atoms with Gasteiger partial charge in [-0.15, -0.1) is 0 Å². The van der Waals surface area contributed by atoms with E-state index in [0.717, 1.165) is 12.1 Å². The number of benzene rings is 2. The van der Waals surface area contributed by atoms with Crippen LogP contribution < -0.4 is 4.90 Å². The minimum atomic E-state index is -0.201. The molecule has 1 atom stereocenters. The van der Waals surface area contributed by atoms with Crippen LogP contribution in [0.3, 0.4) is 0 Å².